The molecule has 2 unspecified atom stereocenters. The molecule has 0 aliphatic heterocycles. The largest absolute Gasteiger partial charge is 0.278 e. The number of hydrogen-bond acceptors (Lipinski definition) is 4. The van der Waals surface area contributed by atoms with Crippen LogP contribution in [0.4, 0.5) is 5.69 Å². The second-order valence-corrected chi connectivity index (χ2v) is 10.6. The molecule has 5 rings (SSSR count). The number of anilines is 1. The molecule has 2 aromatic rings. The molecule has 6 nitrogen and oxygen atoms in total. The Morgan fingerprint density at radius 2 is 1.97 bits per heavy atom. The topological polar surface area (TPSA) is 87.6 Å². The smallest absolute Gasteiger partial charge is 0.271 e. The molecule has 0 spiro atoms. The normalized spacial score (nSPS) is 21.8. The number of rotatable bonds is 6. The van der Waals surface area contributed by atoms with Crippen LogP contribution in [0.2, 0.25) is 5.02 Å². The van der Waals surface area contributed by atoms with E-state index in [9.17, 15) is 13.2 Å². The predicted octanol–water partition coefficient (Wildman–Crippen LogP) is 4.85. The minimum atomic E-state index is -3.91. The Balaban J connectivity index is 1.45. The lowest BCUT2D eigenvalue weighted by Gasteiger charge is -2.55. The van der Waals surface area contributed by atoms with Gasteiger partial charge in [-0.15, -0.1) is 0 Å². The number of fused-ring (bicyclic) bond motifs is 1. The first-order valence-corrected chi connectivity index (χ1v) is 12.0. The van der Waals surface area contributed by atoms with Crippen LogP contribution in [-0.4, -0.2) is 20.5 Å². The van der Waals surface area contributed by atoms with Crippen molar-refractivity contribution in [3.05, 3.63) is 70.8 Å². The Hall–Kier alpha value is -2.64. The molecule has 0 aromatic heterocycles. The lowest BCUT2D eigenvalue weighted by atomic mass is 9.49. The van der Waals surface area contributed by atoms with Gasteiger partial charge in [-0.05, 0) is 66.0 Å². The molecule has 2 atom stereocenters. The average Bonchev–Trinajstić information content (AvgIpc) is 2.75. The Morgan fingerprint density at radius 3 is 2.68 bits per heavy atom. The van der Waals surface area contributed by atoms with Crippen molar-refractivity contribution >= 4 is 39.4 Å². The van der Waals surface area contributed by atoms with E-state index in [0.717, 1.165) is 24.3 Å². The second kappa shape index (κ2) is 8.13. The van der Waals surface area contributed by atoms with E-state index in [0.29, 0.717) is 5.92 Å². The van der Waals surface area contributed by atoms with Crippen LogP contribution in [0.1, 0.15) is 37.0 Å². The van der Waals surface area contributed by atoms with Crippen LogP contribution in [0.5, 0.6) is 0 Å². The summed E-state index contributed by atoms with van der Waals surface area (Å²) < 4.78 is 27.9. The summed E-state index contributed by atoms with van der Waals surface area (Å²) in [6, 6.07) is 12.3. The highest BCUT2D eigenvalue weighted by Gasteiger charge is 2.50. The van der Waals surface area contributed by atoms with E-state index < -0.39 is 15.9 Å². The summed E-state index contributed by atoms with van der Waals surface area (Å²) in [6.45, 7) is 4.54. The van der Waals surface area contributed by atoms with Gasteiger partial charge in [0.15, 0.2) is 0 Å². The molecule has 3 aliphatic rings. The van der Waals surface area contributed by atoms with Crippen molar-refractivity contribution < 1.29 is 13.2 Å². The van der Waals surface area contributed by atoms with Crippen LogP contribution in [0.3, 0.4) is 0 Å². The van der Waals surface area contributed by atoms with Gasteiger partial charge in [-0.3, -0.25) is 9.52 Å². The quantitative estimate of drug-likeness (QED) is 0.480. The van der Waals surface area contributed by atoms with Crippen molar-refractivity contribution in [3.63, 3.8) is 0 Å². The number of carbonyl (C=O) groups is 1. The third kappa shape index (κ3) is 4.25. The van der Waals surface area contributed by atoms with Gasteiger partial charge in [0.2, 0.25) is 0 Å². The van der Waals surface area contributed by atoms with Gasteiger partial charge >= 0.3 is 0 Å². The highest BCUT2D eigenvalue weighted by atomic mass is 35.5. The third-order valence-electron chi connectivity index (χ3n) is 6.42. The van der Waals surface area contributed by atoms with Crippen molar-refractivity contribution in [2.45, 2.75) is 31.6 Å². The molecule has 2 aromatic carbocycles. The fraction of sp³-hybridized carbons (Fsp3) is 0.304. The van der Waals surface area contributed by atoms with Crippen molar-refractivity contribution in [1.82, 2.24) is 5.43 Å². The number of hydrazone groups is 1. The van der Waals surface area contributed by atoms with E-state index in [4.69, 9.17) is 11.6 Å². The molecule has 2 bridgehead atoms. The number of amides is 1. The number of allylic oxidation sites excluding steroid dienone is 2. The van der Waals surface area contributed by atoms with Gasteiger partial charge < -0.3 is 0 Å². The Labute approximate surface area is 187 Å². The molecule has 2 N–H and O–H groups in total. The van der Waals surface area contributed by atoms with Gasteiger partial charge in [0.25, 0.3) is 15.9 Å². The lowest BCUT2D eigenvalue weighted by molar-refractivity contribution is -0.00126. The predicted molar refractivity (Wildman–Crippen MR) is 123 cm³/mol. The summed E-state index contributed by atoms with van der Waals surface area (Å²) in [5.74, 6) is 0.720. The van der Waals surface area contributed by atoms with Crippen LogP contribution >= 0.6 is 11.6 Å². The number of carbonyl (C=O) groups excluding carboxylic acids is 1. The van der Waals surface area contributed by atoms with Gasteiger partial charge in [0.1, 0.15) is 0 Å². The van der Waals surface area contributed by atoms with Gasteiger partial charge in [0, 0.05) is 5.56 Å². The number of nitrogens with zero attached hydrogens (tertiary/aromatic N) is 1. The van der Waals surface area contributed by atoms with Crippen molar-refractivity contribution in [2.24, 2.45) is 22.4 Å². The van der Waals surface area contributed by atoms with Gasteiger partial charge in [-0.1, -0.05) is 49.7 Å². The first-order chi connectivity index (χ1) is 14.7. The highest BCUT2D eigenvalue weighted by Crippen LogP contribution is 2.58. The summed E-state index contributed by atoms with van der Waals surface area (Å²) in [7, 11) is -3.91. The first-order valence-electron chi connectivity index (χ1n) is 10.1. The molecule has 1 amide bonds. The molecular weight excluding hydrogens is 434 g/mol. The highest BCUT2D eigenvalue weighted by molar-refractivity contribution is 7.92. The average molecular weight is 458 g/mol. The van der Waals surface area contributed by atoms with Crippen LogP contribution in [0.15, 0.2) is 70.2 Å². The molecule has 162 valence electrons. The minimum absolute atomic E-state index is 0.0405. The van der Waals surface area contributed by atoms with E-state index >= 15 is 0 Å². The van der Waals surface area contributed by atoms with Crippen LogP contribution in [-0.2, 0) is 10.0 Å². The maximum atomic E-state index is 12.7. The Kier molecular flexibility index (Phi) is 5.66. The summed E-state index contributed by atoms with van der Waals surface area (Å²) in [5.41, 5.74) is 4.39. The van der Waals surface area contributed by atoms with E-state index in [1.807, 2.05) is 0 Å². The third-order valence-corrected chi connectivity index (χ3v) is 8.11. The Morgan fingerprint density at radius 1 is 1.19 bits per heavy atom. The van der Waals surface area contributed by atoms with Crippen molar-refractivity contribution in [1.29, 1.82) is 0 Å². The molecular formula is C23H24ClN3O3S. The van der Waals surface area contributed by atoms with E-state index in [-0.39, 0.29) is 26.6 Å². The van der Waals surface area contributed by atoms with Crippen LogP contribution in [0.25, 0.3) is 0 Å². The molecule has 8 heteroatoms. The monoisotopic (exact) mass is 457 g/mol. The van der Waals surface area contributed by atoms with Crippen LogP contribution < -0.4 is 10.1 Å². The summed E-state index contributed by atoms with van der Waals surface area (Å²) in [6.07, 6.45) is 6.10. The standard InChI is InChI=1S/C23H24ClN3O3S/c1-23(2)17-11-10-16(19(23)13-17)14-25-26-22(28)15-6-5-7-18(12-15)31(29,30)27-21-9-4-3-8-20(21)24/h3-10,12,14,17,19,27H,11,13H2,1-2H3,(H,26,28)/b25-14+. The van der Waals surface area contributed by atoms with Gasteiger partial charge in [0.05, 0.1) is 21.8 Å². The number of sulfonamides is 1. The zero-order valence-corrected chi connectivity index (χ0v) is 18.9. The molecule has 0 heterocycles. The number of halogens is 1. The maximum Gasteiger partial charge on any atom is 0.271 e. The zero-order valence-electron chi connectivity index (χ0n) is 17.3. The van der Waals surface area contributed by atoms with E-state index in [1.54, 1.807) is 36.5 Å². The SMILES string of the molecule is CC1(C)C2CC=C(/C=N/NC(=O)c3cccc(S(=O)(=O)Nc4ccccc4Cl)c3)C1C2. The maximum absolute atomic E-state index is 12.7. The fourth-order valence-electron chi connectivity index (χ4n) is 4.33. The number of hydrogen-bond donors (Lipinski definition) is 2. The lowest BCUT2D eigenvalue weighted by Crippen LogP contribution is -2.48. The number of nitrogens with one attached hydrogen (secondary N) is 2. The number of para-hydroxylation sites is 1. The molecule has 3 aliphatic carbocycles. The molecule has 0 radical (unpaired) electrons. The van der Waals surface area contributed by atoms with Crippen molar-refractivity contribution in [2.75, 3.05) is 4.72 Å². The summed E-state index contributed by atoms with van der Waals surface area (Å²) in [5, 5.41) is 4.39. The van der Waals surface area contributed by atoms with Gasteiger partial charge in [-0.2, -0.15) is 5.10 Å². The van der Waals surface area contributed by atoms with E-state index in [1.165, 1.54) is 18.2 Å². The zero-order chi connectivity index (χ0) is 22.2. The Bertz CT molecular complexity index is 1190. The molecule has 0 saturated heterocycles. The molecule has 1 saturated carbocycles. The fourth-order valence-corrected chi connectivity index (χ4v) is 5.69. The van der Waals surface area contributed by atoms with E-state index in [2.05, 4.69) is 35.2 Å². The van der Waals surface area contributed by atoms with Gasteiger partial charge in [-0.25, -0.2) is 13.8 Å². The van der Waals surface area contributed by atoms with Crippen molar-refractivity contribution in [3.8, 4) is 0 Å². The summed E-state index contributed by atoms with van der Waals surface area (Å²) >= 11 is 6.04. The second-order valence-electron chi connectivity index (χ2n) is 8.56. The first kappa shape index (κ1) is 21.6. The summed E-state index contributed by atoms with van der Waals surface area (Å²) in [4.78, 5) is 12.5. The number of benzene rings is 2. The molecule has 31 heavy (non-hydrogen) atoms. The minimum Gasteiger partial charge on any atom is -0.278 e. The van der Waals surface area contributed by atoms with Crippen LogP contribution in [0, 0.1) is 17.3 Å². The molecule has 1 fully saturated rings.